The molecule has 9 aromatic carbocycles. The molecule has 0 N–H and O–H groups in total. The molecule has 0 amide bonds. The minimum Gasteiger partial charge on any atom is -0.456 e. The molecule has 0 saturated carbocycles. The minimum atomic E-state index is -0.411. The Morgan fingerprint density at radius 3 is 1.63 bits per heavy atom. The lowest BCUT2D eigenvalue weighted by Gasteiger charge is -2.19. The second-order valence-corrected chi connectivity index (χ2v) is 12.8. The van der Waals surface area contributed by atoms with Crippen LogP contribution in [0.4, 0.5) is 0 Å². The van der Waals surface area contributed by atoms with E-state index in [1.165, 1.54) is 0 Å². The highest BCUT2D eigenvalue weighted by Gasteiger charge is 2.21. The van der Waals surface area contributed by atoms with Gasteiger partial charge in [-0.2, -0.15) is 0 Å². The van der Waals surface area contributed by atoms with Crippen LogP contribution in [0, 0.1) is 0 Å². The van der Waals surface area contributed by atoms with Crippen molar-refractivity contribution in [3.8, 4) is 55.6 Å². The zero-order valence-electron chi connectivity index (χ0n) is 32.5. The van der Waals surface area contributed by atoms with E-state index >= 15 is 0 Å². The van der Waals surface area contributed by atoms with Crippen LogP contribution in [0.5, 0.6) is 0 Å². The summed E-state index contributed by atoms with van der Waals surface area (Å²) in [6.07, 6.45) is 0. The minimum absolute atomic E-state index is 0.177. The standard InChI is InChI=1S/C50H32O/c1-4-15-33(16-5-1)36-27-30-43-47(32-36)51-46-26-14-25-44(50(43)46)49-41-23-12-10-21-39(41)48(40-22-11-13-24-42(40)49)37-28-29-38(34-17-6-2-7-18-34)45(31-37)35-19-8-3-9-20-35/h1-32H/i3D,8D,9D,19D,20D. The zero-order valence-corrected chi connectivity index (χ0v) is 27.5. The van der Waals surface area contributed by atoms with Gasteiger partial charge in [0.05, 0.1) is 6.85 Å². The van der Waals surface area contributed by atoms with Gasteiger partial charge in [-0.25, -0.2) is 0 Å². The zero-order chi connectivity index (χ0) is 38.1. The van der Waals surface area contributed by atoms with Crippen LogP contribution < -0.4 is 0 Å². The van der Waals surface area contributed by atoms with Crippen LogP contribution >= 0.6 is 0 Å². The number of benzene rings is 9. The van der Waals surface area contributed by atoms with Crippen LogP contribution in [0.15, 0.2) is 198 Å². The molecule has 10 aromatic rings. The summed E-state index contributed by atoms with van der Waals surface area (Å²) in [5, 5.41) is 6.32. The molecule has 0 saturated heterocycles. The van der Waals surface area contributed by atoms with E-state index in [4.69, 9.17) is 11.3 Å². The lowest BCUT2D eigenvalue weighted by atomic mass is 9.83. The maximum atomic E-state index is 8.98. The van der Waals surface area contributed by atoms with Gasteiger partial charge in [0.1, 0.15) is 11.2 Å². The molecular formula is C50H32O. The Morgan fingerprint density at radius 2 is 0.941 bits per heavy atom. The van der Waals surface area contributed by atoms with Gasteiger partial charge >= 0.3 is 0 Å². The van der Waals surface area contributed by atoms with Gasteiger partial charge in [0.2, 0.25) is 0 Å². The normalized spacial score (nSPS) is 12.9. The molecule has 0 aliphatic heterocycles. The lowest BCUT2D eigenvalue weighted by Crippen LogP contribution is -1.93. The highest BCUT2D eigenvalue weighted by atomic mass is 16.3. The first kappa shape index (κ1) is 24.4. The van der Waals surface area contributed by atoms with E-state index in [9.17, 15) is 0 Å². The molecule has 238 valence electrons. The molecule has 10 rings (SSSR count). The Balaban J connectivity index is 1.26. The highest BCUT2D eigenvalue weighted by molar-refractivity contribution is 6.25. The third-order valence-electron chi connectivity index (χ3n) is 9.97. The van der Waals surface area contributed by atoms with E-state index in [0.29, 0.717) is 5.56 Å². The first-order chi connectivity index (χ1) is 27.4. The van der Waals surface area contributed by atoms with Crippen LogP contribution in [-0.2, 0) is 0 Å². The first-order valence-corrected chi connectivity index (χ1v) is 17.1. The van der Waals surface area contributed by atoms with Crippen molar-refractivity contribution in [1.29, 1.82) is 0 Å². The van der Waals surface area contributed by atoms with Crippen molar-refractivity contribution >= 4 is 43.5 Å². The molecular weight excluding hydrogens is 617 g/mol. The van der Waals surface area contributed by atoms with E-state index in [2.05, 4.69) is 97.1 Å². The van der Waals surface area contributed by atoms with E-state index in [1.54, 1.807) is 0 Å². The monoisotopic (exact) mass is 653 g/mol. The molecule has 1 nitrogen and oxygen atoms in total. The molecule has 1 heteroatoms. The van der Waals surface area contributed by atoms with Crippen LogP contribution in [0.25, 0.3) is 99.1 Å². The Labute approximate surface area is 303 Å². The second kappa shape index (κ2) is 12.0. The van der Waals surface area contributed by atoms with E-state index in [0.717, 1.165) is 88.0 Å². The number of furan rings is 1. The predicted molar refractivity (Wildman–Crippen MR) is 216 cm³/mol. The Morgan fingerprint density at radius 1 is 0.333 bits per heavy atom. The molecule has 51 heavy (non-hydrogen) atoms. The Kier molecular flexibility index (Phi) is 5.76. The summed E-state index contributed by atoms with van der Waals surface area (Å²) < 4.78 is 49.9. The third kappa shape index (κ3) is 4.86. The lowest BCUT2D eigenvalue weighted by molar-refractivity contribution is 0.669. The van der Waals surface area contributed by atoms with Gasteiger partial charge < -0.3 is 4.42 Å². The number of rotatable bonds is 5. The first-order valence-electron chi connectivity index (χ1n) is 19.6. The summed E-state index contributed by atoms with van der Waals surface area (Å²) in [5.74, 6) is 0. The van der Waals surface area contributed by atoms with Gasteiger partial charge in [-0.1, -0.05) is 170 Å². The van der Waals surface area contributed by atoms with Gasteiger partial charge in [0.25, 0.3) is 0 Å². The highest BCUT2D eigenvalue weighted by Crippen LogP contribution is 2.48. The molecule has 1 heterocycles. The van der Waals surface area contributed by atoms with Gasteiger partial charge in [-0.05, 0) is 101 Å². The topological polar surface area (TPSA) is 13.1 Å². The quantitative estimate of drug-likeness (QED) is 0.169. The average molecular weight is 654 g/mol. The van der Waals surface area contributed by atoms with Crippen LogP contribution in [0.3, 0.4) is 0 Å². The molecule has 0 aliphatic carbocycles. The van der Waals surface area contributed by atoms with Crippen molar-refractivity contribution in [3.05, 3.63) is 194 Å². The van der Waals surface area contributed by atoms with Crippen molar-refractivity contribution in [2.45, 2.75) is 0 Å². The number of hydrogen-bond acceptors (Lipinski definition) is 1. The van der Waals surface area contributed by atoms with Gasteiger partial charge in [-0.15, -0.1) is 0 Å². The molecule has 1 aromatic heterocycles. The number of fused-ring (bicyclic) bond motifs is 5. The van der Waals surface area contributed by atoms with Crippen molar-refractivity contribution in [2.24, 2.45) is 0 Å². The largest absolute Gasteiger partial charge is 0.456 e. The van der Waals surface area contributed by atoms with Crippen LogP contribution in [0.1, 0.15) is 6.85 Å². The van der Waals surface area contributed by atoms with Gasteiger partial charge in [0, 0.05) is 10.8 Å². The fourth-order valence-electron chi connectivity index (χ4n) is 7.73. The molecule has 0 aliphatic rings. The Bertz CT molecular complexity index is 3100. The molecule has 0 spiro atoms. The summed E-state index contributed by atoms with van der Waals surface area (Å²) in [6.45, 7) is 0. The van der Waals surface area contributed by atoms with Gasteiger partial charge in [0.15, 0.2) is 0 Å². The SMILES string of the molecule is [2H]c1c([2H])c([2H])c(-c2cc(-c3c4ccccc4c(-c4cccc5oc6cc(-c7ccccc7)ccc6c45)c4ccccc34)ccc2-c2ccccc2)c([2H])c1[2H]. The molecule has 0 unspecified atom stereocenters. The fraction of sp³-hybridized carbons (Fsp3) is 0. The Hall–Kier alpha value is -6.70. The predicted octanol–water partition coefficient (Wildman–Crippen LogP) is 14.2. The summed E-state index contributed by atoms with van der Waals surface area (Å²) in [6, 6.07) is 54.3. The summed E-state index contributed by atoms with van der Waals surface area (Å²) >= 11 is 0. The van der Waals surface area contributed by atoms with Crippen molar-refractivity contribution in [1.82, 2.24) is 0 Å². The van der Waals surface area contributed by atoms with Crippen LogP contribution in [-0.4, -0.2) is 0 Å². The van der Waals surface area contributed by atoms with Crippen molar-refractivity contribution in [2.75, 3.05) is 0 Å². The molecule has 0 bridgehead atoms. The average Bonchev–Trinajstić information content (AvgIpc) is 3.63. The summed E-state index contributed by atoms with van der Waals surface area (Å²) in [4.78, 5) is 0. The smallest absolute Gasteiger partial charge is 0.136 e. The summed E-state index contributed by atoms with van der Waals surface area (Å²) in [7, 11) is 0. The van der Waals surface area contributed by atoms with Crippen LogP contribution in [0.2, 0.25) is 0 Å². The van der Waals surface area contributed by atoms with E-state index < -0.39 is 6.04 Å². The third-order valence-corrected chi connectivity index (χ3v) is 9.97. The van der Waals surface area contributed by atoms with Gasteiger partial charge in [-0.3, -0.25) is 0 Å². The second-order valence-electron chi connectivity index (χ2n) is 12.8. The maximum Gasteiger partial charge on any atom is 0.136 e. The molecule has 0 fully saturated rings. The van der Waals surface area contributed by atoms with E-state index in [1.807, 2.05) is 66.7 Å². The number of hydrogen-bond donors (Lipinski definition) is 0. The van der Waals surface area contributed by atoms with Crippen molar-refractivity contribution < 1.29 is 11.3 Å². The maximum absolute atomic E-state index is 8.98. The fourth-order valence-corrected chi connectivity index (χ4v) is 7.73. The molecule has 0 atom stereocenters. The summed E-state index contributed by atoms with van der Waals surface area (Å²) in [5.41, 5.74) is 10.4. The van der Waals surface area contributed by atoms with E-state index in [-0.39, 0.29) is 29.7 Å². The molecule has 0 radical (unpaired) electrons. The van der Waals surface area contributed by atoms with Crippen molar-refractivity contribution in [3.63, 3.8) is 0 Å².